The molecule has 1 N–H and O–H groups in total. The van der Waals surface area contributed by atoms with Gasteiger partial charge in [-0.25, -0.2) is 0 Å². The summed E-state index contributed by atoms with van der Waals surface area (Å²) in [5.74, 6) is 0. The third-order valence-corrected chi connectivity index (χ3v) is 4.62. The van der Waals surface area contributed by atoms with Crippen LogP contribution in [0.5, 0.6) is 0 Å². The fourth-order valence-corrected chi connectivity index (χ4v) is 2.93. The first-order chi connectivity index (χ1) is 9.88. The van der Waals surface area contributed by atoms with Gasteiger partial charge in [-0.1, -0.05) is 45.8 Å². The van der Waals surface area contributed by atoms with Crippen LogP contribution in [0.4, 0.5) is 0 Å². The van der Waals surface area contributed by atoms with Crippen LogP contribution in [0.2, 0.25) is 0 Å². The van der Waals surface area contributed by atoms with Crippen molar-refractivity contribution in [3.8, 4) is 0 Å². The molecule has 2 aromatic rings. The molecule has 2 rings (SSSR count). The third-order valence-electron chi connectivity index (χ3n) is 2.91. The maximum absolute atomic E-state index is 12.1. The van der Waals surface area contributed by atoms with Crippen molar-refractivity contribution in [2.75, 3.05) is 0 Å². The normalized spacial score (nSPS) is 12.2. The first kappa shape index (κ1) is 15.7. The van der Waals surface area contributed by atoms with Crippen molar-refractivity contribution in [2.45, 2.75) is 18.7 Å². The zero-order chi connectivity index (χ0) is 15.5. The van der Waals surface area contributed by atoms with Crippen LogP contribution in [0.1, 0.15) is 18.1 Å². The Hall–Kier alpha value is -1.66. The minimum absolute atomic E-state index is 0.193. The van der Waals surface area contributed by atoms with Crippen LogP contribution >= 0.6 is 15.9 Å². The molecule has 0 radical (unpaired) electrons. The summed E-state index contributed by atoms with van der Waals surface area (Å²) in [7, 11) is -3.64. The Balaban J connectivity index is 2.21. The molecule has 0 aliphatic rings. The molecule has 0 aliphatic heterocycles. The second-order valence-electron chi connectivity index (χ2n) is 4.62. The van der Waals surface area contributed by atoms with Crippen LogP contribution in [-0.4, -0.2) is 14.1 Å². The van der Waals surface area contributed by atoms with Crippen molar-refractivity contribution >= 4 is 31.7 Å². The Morgan fingerprint density at radius 2 is 1.81 bits per heavy atom. The SMILES string of the molecule is CC(=NNS(=O)(=O)c1ccc(C)cc1)c1cccc(Br)c1. The molecule has 0 amide bonds. The molecule has 0 aliphatic carbocycles. The number of hydrazone groups is 1. The van der Waals surface area contributed by atoms with Crippen LogP contribution in [0.25, 0.3) is 0 Å². The summed E-state index contributed by atoms with van der Waals surface area (Å²) >= 11 is 3.37. The zero-order valence-corrected chi connectivity index (χ0v) is 14.1. The first-order valence-electron chi connectivity index (χ1n) is 6.27. The van der Waals surface area contributed by atoms with Gasteiger partial charge in [0.2, 0.25) is 0 Å². The summed E-state index contributed by atoms with van der Waals surface area (Å²) in [4.78, 5) is 2.45. The lowest BCUT2D eigenvalue weighted by molar-refractivity contribution is 0.584. The fourth-order valence-electron chi connectivity index (χ4n) is 1.68. The number of hydrogen-bond acceptors (Lipinski definition) is 3. The Labute approximate surface area is 133 Å². The molecular formula is C15H15BrN2O2S. The predicted octanol–water partition coefficient (Wildman–Crippen LogP) is 3.46. The quantitative estimate of drug-likeness (QED) is 0.665. The van der Waals surface area contributed by atoms with E-state index in [-0.39, 0.29) is 4.90 Å². The zero-order valence-electron chi connectivity index (χ0n) is 11.7. The van der Waals surface area contributed by atoms with Gasteiger partial charge in [0.05, 0.1) is 10.6 Å². The molecule has 0 atom stereocenters. The van der Waals surface area contributed by atoms with E-state index in [0.29, 0.717) is 5.71 Å². The van der Waals surface area contributed by atoms with E-state index in [1.54, 1.807) is 31.2 Å². The summed E-state index contributed by atoms with van der Waals surface area (Å²) in [6.45, 7) is 3.65. The van der Waals surface area contributed by atoms with Crippen molar-refractivity contribution in [3.63, 3.8) is 0 Å². The molecule has 0 fully saturated rings. The fraction of sp³-hybridized carbons (Fsp3) is 0.133. The van der Waals surface area contributed by atoms with Crippen molar-refractivity contribution < 1.29 is 8.42 Å². The second-order valence-corrected chi connectivity index (χ2v) is 7.19. The standard InChI is InChI=1S/C15H15BrN2O2S/c1-11-6-8-15(9-7-11)21(19,20)18-17-12(2)13-4-3-5-14(16)10-13/h3-10,18H,1-2H3. The molecule has 0 saturated heterocycles. The Morgan fingerprint density at radius 3 is 2.43 bits per heavy atom. The van der Waals surface area contributed by atoms with E-state index in [4.69, 9.17) is 0 Å². The molecule has 2 aromatic carbocycles. The highest BCUT2D eigenvalue weighted by molar-refractivity contribution is 9.10. The van der Waals surface area contributed by atoms with Gasteiger partial charge >= 0.3 is 0 Å². The van der Waals surface area contributed by atoms with Crippen molar-refractivity contribution in [2.24, 2.45) is 5.10 Å². The monoisotopic (exact) mass is 366 g/mol. The molecule has 0 saturated carbocycles. The highest BCUT2D eigenvalue weighted by atomic mass is 79.9. The van der Waals surface area contributed by atoms with E-state index in [0.717, 1.165) is 15.6 Å². The molecule has 4 nitrogen and oxygen atoms in total. The smallest absolute Gasteiger partial charge is 0.200 e. The third kappa shape index (κ3) is 4.15. The highest BCUT2D eigenvalue weighted by Gasteiger charge is 2.12. The number of nitrogens with zero attached hydrogens (tertiary/aromatic N) is 1. The molecule has 0 unspecified atom stereocenters. The van der Waals surface area contributed by atoms with E-state index < -0.39 is 10.0 Å². The molecular weight excluding hydrogens is 352 g/mol. The van der Waals surface area contributed by atoms with E-state index >= 15 is 0 Å². The van der Waals surface area contributed by atoms with Crippen LogP contribution < -0.4 is 4.83 Å². The average molecular weight is 367 g/mol. The average Bonchev–Trinajstić information content (AvgIpc) is 2.45. The lowest BCUT2D eigenvalue weighted by Crippen LogP contribution is -2.19. The van der Waals surface area contributed by atoms with Gasteiger partial charge in [0.1, 0.15) is 0 Å². The van der Waals surface area contributed by atoms with Gasteiger partial charge in [-0.3, -0.25) is 0 Å². The topological polar surface area (TPSA) is 58.5 Å². The number of benzene rings is 2. The van der Waals surface area contributed by atoms with Gasteiger partial charge in [-0.15, -0.1) is 0 Å². The predicted molar refractivity (Wildman–Crippen MR) is 87.9 cm³/mol. The molecule has 110 valence electrons. The lowest BCUT2D eigenvalue weighted by atomic mass is 10.1. The van der Waals surface area contributed by atoms with Gasteiger partial charge in [-0.2, -0.15) is 18.4 Å². The number of nitrogens with one attached hydrogen (secondary N) is 1. The molecule has 0 heterocycles. The van der Waals surface area contributed by atoms with Gasteiger partial charge < -0.3 is 0 Å². The summed E-state index contributed by atoms with van der Waals surface area (Å²) < 4.78 is 25.2. The van der Waals surface area contributed by atoms with Gasteiger partial charge in [0.15, 0.2) is 0 Å². The van der Waals surface area contributed by atoms with Crippen molar-refractivity contribution in [1.29, 1.82) is 0 Å². The molecule has 6 heteroatoms. The molecule has 0 spiro atoms. The first-order valence-corrected chi connectivity index (χ1v) is 8.55. The number of hydrogen-bond donors (Lipinski definition) is 1. The number of halogens is 1. The lowest BCUT2D eigenvalue weighted by Gasteiger charge is -2.06. The van der Waals surface area contributed by atoms with Crippen molar-refractivity contribution in [3.05, 3.63) is 64.1 Å². The maximum atomic E-state index is 12.1. The van der Waals surface area contributed by atoms with Gasteiger partial charge in [0.25, 0.3) is 10.0 Å². The number of aryl methyl sites for hydroxylation is 1. The van der Waals surface area contributed by atoms with E-state index in [9.17, 15) is 8.42 Å². The summed E-state index contributed by atoms with van der Waals surface area (Å²) in [6.07, 6.45) is 0. The van der Waals surface area contributed by atoms with E-state index in [1.165, 1.54) is 0 Å². The molecule has 0 aromatic heterocycles. The second kappa shape index (κ2) is 6.41. The van der Waals surface area contributed by atoms with Crippen LogP contribution in [0, 0.1) is 6.92 Å². The Kier molecular flexibility index (Phi) is 4.80. The number of sulfonamides is 1. The minimum atomic E-state index is -3.64. The molecule has 21 heavy (non-hydrogen) atoms. The van der Waals surface area contributed by atoms with Crippen LogP contribution in [0.15, 0.2) is 63.0 Å². The Bertz CT molecular complexity index is 769. The minimum Gasteiger partial charge on any atom is -0.200 e. The summed E-state index contributed by atoms with van der Waals surface area (Å²) in [5, 5.41) is 3.96. The summed E-state index contributed by atoms with van der Waals surface area (Å²) in [5.41, 5.74) is 2.44. The highest BCUT2D eigenvalue weighted by Crippen LogP contribution is 2.13. The van der Waals surface area contributed by atoms with Gasteiger partial charge in [0, 0.05) is 4.47 Å². The maximum Gasteiger partial charge on any atom is 0.276 e. The van der Waals surface area contributed by atoms with E-state index in [1.807, 2.05) is 31.2 Å². The Morgan fingerprint density at radius 1 is 1.14 bits per heavy atom. The van der Waals surface area contributed by atoms with E-state index in [2.05, 4.69) is 25.9 Å². The number of rotatable bonds is 4. The van der Waals surface area contributed by atoms with Crippen LogP contribution in [0.3, 0.4) is 0 Å². The van der Waals surface area contributed by atoms with Crippen LogP contribution in [-0.2, 0) is 10.0 Å². The summed E-state index contributed by atoms with van der Waals surface area (Å²) in [6, 6.07) is 14.1. The molecule has 0 bridgehead atoms. The van der Waals surface area contributed by atoms with Crippen molar-refractivity contribution in [1.82, 2.24) is 4.83 Å². The van der Waals surface area contributed by atoms with Gasteiger partial charge in [-0.05, 0) is 43.7 Å². The largest absolute Gasteiger partial charge is 0.276 e.